The van der Waals surface area contributed by atoms with Crippen LogP contribution in [0.4, 0.5) is 5.69 Å². The number of rotatable bonds is 5. The molecule has 5 nitrogen and oxygen atoms in total. The molecule has 2 aromatic carbocycles. The Kier molecular flexibility index (Phi) is 6.77. The molecule has 0 saturated carbocycles. The maximum atomic E-state index is 12.6. The van der Waals surface area contributed by atoms with Gasteiger partial charge in [-0.2, -0.15) is 0 Å². The molecule has 1 heterocycles. The van der Waals surface area contributed by atoms with Crippen LogP contribution in [-0.2, 0) is 9.59 Å². The molecule has 1 fully saturated rings. The Balaban J connectivity index is 1.62. The summed E-state index contributed by atoms with van der Waals surface area (Å²) in [4.78, 5) is 26.7. The molecular formula is C19H14BrClN2O3S2. The maximum Gasteiger partial charge on any atom is 0.266 e. The molecule has 9 heteroatoms. The van der Waals surface area contributed by atoms with Crippen molar-refractivity contribution < 1.29 is 14.7 Å². The maximum absolute atomic E-state index is 12.6. The van der Waals surface area contributed by atoms with Gasteiger partial charge >= 0.3 is 0 Å². The lowest BCUT2D eigenvalue weighted by Crippen LogP contribution is -2.31. The van der Waals surface area contributed by atoms with Crippen LogP contribution in [-0.4, -0.2) is 32.7 Å². The first-order chi connectivity index (χ1) is 13.3. The Hall–Kier alpha value is -1.87. The molecule has 2 N–H and O–H groups in total. The minimum atomic E-state index is -0.358. The minimum Gasteiger partial charge on any atom is -0.506 e. The molecule has 1 aliphatic heterocycles. The average Bonchev–Trinajstić information content (AvgIpc) is 2.91. The van der Waals surface area contributed by atoms with Crippen molar-refractivity contribution >= 4 is 79.4 Å². The van der Waals surface area contributed by atoms with Gasteiger partial charge in [0, 0.05) is 22.5 Å². The number of thiocarbonyl (C=S) groups is 1. The molecular weight excluding hydrogens is 484 g/mol. The van der Waals surface area contributed by atoms with Crippen molar-refractivity contribution in [3.63, 3.8) is 0 Å². The molecule has 0 aromatic heterocycles. The van der Waals surface area contributed by atoms with E-state index >= 15 is 0 Å². The molecule has 2 aromatic rings. The molecule has 2 amide bonds. The number of hydrogen-bond donors (Lipinski definition) is 2. The lowest BCUT2D eigenvalue weighted by molar-refractivity contribution is -0.122. The van der Waals surface area contributed by atoms with Gasteiger partial charge in [-0.25, -0.2) is 0 Å². The molecule has 0 radical (unpaired) electrons. The fourth-order valence-corrected chi connectivity index (χ4v) is 4.18. The Morgan fingerprint density at radius 1 is 1.29 bits per heavy atom. The summed E-state index contributed by atoms with van der Waals surface area (Å²) in [6.07, 6.45) is 1.81. The third-order valence-electron chi connectivity index (χ3n) is 3.84. The summed E-state index contributed by atoms with van der Waals surface area (Å²) in [5.74, 6) is -0.666. The second-order valence-electron chi connectivity index (χ2n) is 5.84. The quantitative estimate of drug-likeness (QED) is 0.344. The SMILES string of the molecule is O=C(CCN1C(=O)/C(=C/c2ccc(Br)cc2)SC1=S)Nc1cc(Cl)ccc1O. The number of carbonyl (C=O) groups excluding carboxylic acids is 2. The van der Waals surface area contributed by atoms with E-state index in [0.29, 0.717) is 14.2 Å². The third-order valence-corrected chi connectivity index (χ3v) is 5.98. The number of nitrogens with one attached hydrogen (secondary N) is 1. The van der Waals surface area contributed by atoms with Crippen LogP contribution in [0, 0.1) is 0 Å². The number of carbonyl (C=O) groups is 2. The Morgan fingerprint density at radius 3 is 2.71 bits per heavy atom. The number of aromatic hydroxyl groups is 1. The van der Waals surface area contributed by atoms with Crippen molar-refractivity contribution in [3.05, 3.63) is 62.4 Å². The Morgan fingerprint density at radius 2 is 2.00 bits per heavy atom. The van der Waals surface area contributed by atoms with Crippen molar-refractivity contribution in [2.75, 3.05) is 11.9 Å². The number of benzene rings is 2. The molecule has 0 bridgehead atoms. The average molecular weight is 498 g/mol. The predicted octanol–water partition coefficient (Wildman–Crippen LogP) is 5.04. The van der Waals surface area contributed by atoms with Crippen molar-refractivity contribution in [1.29, 1.82) is 0 Å². The number of amides is 2. The van der Waals surface area contributed by atoms with E-state index in [4.69, 9.17) is 23.8 Å². The van der Waals surface area contributed by atoms with Gasteiger partial charge in [0.25, 0.3) is 5.91 Å². The Labute approximate surface area is 184 Å². The van der Waals surface area contributed by atoms with E-state index in [1.807, 2.05) is 24.3 Å². The largest absolute Gasteiger partial charge is 0.506 e. The fourth-order valence-electron chi connectivity index (χ4n) is 2.44. The monoisotopic (exact) mass is 496 g/mol. The van der Waals surface area contributed by atoms with Crippen molar-refractivity contribution in [2.45, 2.75) is 6.42 Å². The summed E-state index contributed by atoms with van der Waals surface area (Å²) >= 11 is 15.7. The van der Waals surface area contributed by atoms with Crippen LogP contribution in [0.15, 0.2) is 51.8 Å². The first kappa shape index (κ1) is 20.9. The van der Waals surface area contributed by atoms with Gasteiger partial charge < -0.3 is 10.4 Å². The molecule has 0 spiro atoms. The highest BCUT2D eigenvalue weighted by Gasteiger charge is 2.32. The van der Waals surface area contributed by atoms with Gasteiger partial charge in [-0.15, -0.1) is 0 Å². The van der Waals surface area contributed by atoms with E-state index in [1.165, 1.54) is 34.9 Å². The van der Waals surface area contributed by atoms with E-state index in [0.717, 1.165) is 10.0 Å². The smallest absolute Gasteiger partial charge is 0.266 e. The lowest BCUT2D eigenvalue weighted by atomic mass is 10.2. The lowest BCUT2D eigenvalue weighted by Gasteiger charge is -2.14. The summed E-state index contributed by atoms with van der Waals surface area (Å²) in [6, 6.07) is 11.9. The summed E-state index contributed by atoms with van der Waals surface area (Å²) in [5.41, 5.74) is 1.11. The van der Waals surface area contributed by atoms with Gasteiger partial charge in [0.1, 0.15) is 10.1 Å². The standard InChI is InChI=1S/C19H14BrClN2O3S2/c20-12-3-1-11(2-4-12)9-16-18(26)23(19(27)28-16)8-7-17(25)22-14-10-13(21)5-6-15(14)24/h1-6,9-10,24H,7-8H2,(H,22,25)/b16-9-. The first-order valence-electron chi connectivity index (χ1n) is 8.13. The summed E-state index contributed by atoms with van der Waals surface area (Å²) in [6.45, 7) is 0.148. The number of thioether (sulfide) groups is 1. The molecule has 0 aliphatic carbocycles. The summed E-state index contributed by atoms with van der Waals surface area (Å²) < 4.78 is 1.36. The van der Waals surface area contributed by atoms with E-state index in [-0.39, 0.29) is 36.2 Å². The van der Waals surface area contributed by atoms with Crippen LogP contribution in [0.2, 0.25) is 5.02 Å². The second-order valence-corrected chi connectivity index (χ2v) is 8.87. The summed E-state index contributed by atoms with van der Waals surface area (Å²) in [7, 11) is 0. The van der Waals surface area contributed by atoms with Crippen LogP contribution in [0.5, 0.6) is 5.75 Å². The highest BCUT2D eigenvalue weighted by molar-refractivity contribution is 9.10. The van der Waals surface area contributed by atoms with E-state index in [9.17, 15) is 14.7 Å². The number of halogens is 2. The van der Waals surface area contributed by atoms with Crippen LogP contribution in [0.25, 0.3) is 6.08 Å². The minimum absolute atomic E-state index is 0.0317. The van der Waals surface area contributed by atoms with Crippen molar-refractivity contribution in [3.8, 4) is 5.75 Å². The molecule has 3 rings (SSSR count). The number of phenolic OH excluding ortho intramolecular Hbond substituents is 1. The number of hydrogen-bond acceptors (Lipinski definition) is 5. The highest BCUT2D eigenvalue weighted by atomic mass is 79.9. The van der Waals surface area contributed by atoms with Crippen LogP contribution >= 0.6 is 51.5 Å². The van der Waals surface area contributed by atoms with Crippen LogP contribution < -0.4 is 5.32 Å². The predicted molar refractivity (Wildman–Crippen MR) is 120 cm³/mol. The molecule has 28 heavy (non-hydrogen) atoms. The second kappa shape index (κ2) is 9.09. The van der Waals surface area contributed by atoms with Gasteiger partial charge in [0.2, 0.25) is 5.91 Å². The van der Waals surface area contributed by atoms with Crippen molar-refractivity contribution in [1.82, 2.24) is 4.90 Å². The zero-order chi connectivity index (χ0) is 20.3. The molecule has 0 unspecified atom stereocenters. The highest BCUT2D eigenvalue weighted by Crippen LogP contribution is 2.33. The van der Waals surface area contributed by atoms with E-state index in [1.54, 1.807) is 6.08 Å². The number of anilines is 1. The molecule has 1 aliphatic rings. The number of phenols is 1. The fraction of sp³-hybridized carbons (Fsp3) is 0.105. The van der Waals surface area contributed by atoms with Gasteiger partial charge in [0.05, 0.1) is 10.6 Å². The summed E-state index contributed by atoms with van der Waals surface area (Å²) in [5, 5.41) is 12.7. The van der Waals surface area contributed by atoms with Crippen molar-refractivity contribution in [2.24, 2.45) is 0 Å². The van der Waals surface area contributed by atoms with E-state index < -0.39 is 0 Å². The number of nitrogens with zero attached hydrogens (tertiary/aromatic N) is 1. The third kappa shape index (κ3) is 5.14. The van der Waals surface area contributed by atoms with Crippen LogP contribution in [0.3, 0.4) is 0 Å². The topological polar surface area (TPSA) is 69.6 Å². The zero-order valence-corrected chi connectivity index (χ0v) is 18.3. The van der Waals surface area contributed by atoms with E-state index in [2.05, 4.69) is 21.2 Å². The molecule has 0 atom stereocenters. The molecule has 1 saturated heterocycles. The normalized spacial score (nSPS) is 15.4. The first-order valence-corrected chi connectivity index (χ1v) is 10.5. The van der Waals surface area contributed by atoms with Gasteiger partial charge in [0.15, 0.2) is 0 Å². The zero-order valence-electron chi connectivity index (χ0n) is 14.3. The Bertz CT molecular complexity index is 980. The van der Waals surface area contributed by atoms with Gasteiger partial charge in [-0.05, 0) is 42.0 Å². The van der Waals surface area contributed by atoms with Gasteiger partial charge in [-0.1, -0.05) is 63.6 Å². The molecule has 144 valence electrons. The van der Waals surface area contributed by atoms with Gasteiger partial charge in [-0.3, -0.25) is 14.5 Å². The van der Waals surface area contributed by atoms with Crippen LogP contribution in [0.1, 0.15) is 12.0 Å².